The molecule has 0 heterocycles. The van der Waals surface area contributed by atoms with Gasteiger partial charge in [0, 0.05) is 6.07 Å². The molecule has 4 nitrogen and oxygen atoms in total. The van der Waals surface area contributed by atoms with Gasteiger partial charge in [-0.3, -0.25) is 10.1 Å². The number of para-hydroxylation sites is 1. The van der Waals surface area contributed by atoms with Crippen LogP contribution >= 0.6 is 18.4 Å². The van der Waals surface area contributed by atoms with Crippen LogP contribution in [0.1, 0.15) is 18.1 Å². The van der Waals surface area contributed by atoms with Crippen LogP contribution in [0, 0.1) is 10.1 Å². The van der Waals surface area contributed by atoms with Gasteiger partial charge in [0.25, 0.3) is 5.69 Å². The number of rotatable bonds is 3. The van der Waals surface area contributed by atoms with Gasteiger partial charge >= 0.3 is 7.15 Å². The van der Waals surface area contributed by atoms with E-state index in [1.165, 1.54) is 6.07 Å². The van der Waals surface area contributed by atoms with E-state index < -0.39 is 17.7 Å². The van der Waals surface area contributed by atoms with Gasteiger partial charge in [0.15, 0.2) is 0 Å². The fraction of sp³-hybridized carbons (Fsp3) is 0.250. The van der Waals surface area contributed by atoms with Gasteiger partial charge < -0.3 is 0 Å². The SMILES string of the molecule is CC(c1ccccc1[N+](=O)[O-])[P+](=O)Cl. The Hall–Kier alpha value is -0.990. The topological polar surface area (TPSA) is 60.2 Å². The molecule has 14 heavy (non-hydrogen) atoms. The maximum Gasteiger partial charge on any atom is 0.462 e. The lowest BCUT2D eigenvalue weighted by Gasteiger charge is -1.99. The lowest BCUT2D eigenvalue weighted by Crippen LogP contribution is -1.95. The van der Waals surface area contributed by atoms with E-state index in [0.29, 0.717) is 5.56 Å². The summed E-state index contributed by atoms with van der Waals surface area (Å²) in [7, 11) is -1.96. The molecule has 0 aromatic heterocycles. The molecule has 2 unspecified atom stereocenters. The normalized spacial score (nSPS) is 13.4. The molecule has 0 fully saturated rings. The van der Waals surface area contributed by atoms with Crippen LogP contribution in [-0.2, 0) is 4.57 Å². The molecule has 0 spiro atoms. The lowest BCUT2D eigenvalue weighted by atomic mass is 10.1. The van der Waals surface area contributed by atoms with Crippen molar-refractivity contribution < 1.29 is 9.49 Å². The van der Waals surface area contributed by atoms with Gasteiger partial charge in [-0.15, -0.1) is 0 Å². The molecule has 0 N–H and O–H groups in total. The molecule has 0 aliphatic carbocycles. The predicted octanol–water partition coefficient (Wildman–Crippen LogP) is 3.64. The molecule has 0 radical (unpaired) electrons. The maximum absolute atomic E-state index is 11.0. The number of halogens is 1. The first-order valence-electron chi connectivity index (χ1n) is 3.89. The van der Waals surface area contributed by atoms with Gasteiger partial charge in [-0.2, -0.15) is 0 Å². The number of nitrogens with zero attached hydrogens (tertiary/aromatic N) is 1. The molecule has 0 aliphatic heterocycles. The van der Waals surface area contributed by atoms with E-state index in [0.717, 1.165) is 0 Å². The van der Waals surface area contributed by atoms with Gasteiger partial charge in [-0.1, -0.05) is 16.7 Å². The molecule has 74 valence electrons. The summed E-state index contributed by atoms with van der Waals surface area (Å²) in [5, 5.41) is 10.6. The van der Waals surface area contributed by atoms with Crippen molar-refractivity contribution in [2.45, 2.75) is 12.6 Å². The minimum atomic E-state index is -1.96. The van der Waals surface area contributed by atoms with Crippen LogP contribution < -0.4 is 0 Å². The Bertz CT molecular complexity index is 383. The first-order chi connectivity index (χ1) is 6.54. The first kappa shape index (κ1) is 11.1. The van der Waals surface area contributed by atoms with Crippen LogP contribution in [0.3, 0.4) is 0 Å². The van der Waals surface area contributed by atoms with E-state index in [2.05, 4.69) is 0 Å². The molecule has 1 aromatic rings. The van der Waals surface area contributed by atoms with Crippen molar-refractivity contribution in [3.05, 3.63) is 39.9 Å². The van der Waals surface area contributed by atoms with E-state index >= 15 is 0 Å². The molecule has 0 bridgehead atoms. The lowest BCUT2D eigenvalue weighted by molar-refractivity contribution is -0.385. The minimum absolute atomic E-state index is 0.0380. The van der Waals surface area contributed by atoms with Gasteiger partial charge in [-0.05, 0) is 13.0 Å². The quantitative estimate of drug-likeness (QED) is 0.454. The summed E-state index contributed by atoms with van der Waals surface area (Å²) in [6, 6.07) is 6.17. The molecule has 0 saturated heterocycles. The van der Waals surface area contributed by atoms with Crippen LogP contribution in [-0.4, -0.2) is 4.92 Å². The molecule has 0 aliphatic rings. The predicted molar refractivity (Wildman–Crippen MR) is 55.0 cm³/mol. The van der Waals surface area contributed by atoms with Crippen LogP contribution in [0.4, 0.5) is 5.69 Å². The molecule has 6 heteroatoms. The molecular formula is C8H8ClNO3P+. The Kier molecular flexibility index (Phi) is 3.55. The van der Waals surface area contributed by atoms with Crippen LogP contribution in [0.5, 0.6) is 0 Å². The fourth-order valence-corrected chi connectivity index (χ4v) is 1.87. The average Bonchev–Trinajstić information content (AvgIpc) is 2.16. The zero-order valence-electron chi connectivity index (χ0n) is 7.38. The van der Waals surface area contributed by atoms with E-state index in [9.17, 15) is 14.7 Å². The minimum Gasteiger partial charge on any atom is -0.258 e. The summed E-state index contributed by atoms with van der Waals surface area (Å²) < 4.78 is 11.0. The molecular weight excluding hydrogens is 225 g/mol. The van der Waals surface area contributed by atoms with Crippen molar-refractivity contribution in [2.75, 3.05) is 0 Å². The summed E-state index contributed by atoms with van der Waals surface area (Å²) >= 11 is 5.43. The van der Waals surface area contributed by atoms with Crippen molar-refractivity contribution in [1.29, 1.82) is 0 Å². The smallest absolute Gasteiger partial charge is 0.258 e. The van der Waals surface area contributed by atoms with Crippen molar-refractivity contribution in [2.24, 2.45) is 0 Å². The zero-order chi connectivity index (χ0) is 10.7. The van der Waals surface area contributed by atoms with E-state index in [1.807, 2.05) is 0 Å². The Labute approximate surface area is 86.6 Å². The highest BCUT2D eigenvalue weighted by Gasteiger charge is 2.31. The maximum atomic E-state index is 11.0. The van der Waals surface area contributed by atoms with Gasteiger partial charge in [0.2, 0.25) is 16.9 Å². The summed E-state index contributed by atoms with van der Waals surface area (Å²) in [5.41, 5.74) is -0.133. The molecule has 1 aromatic carbocycles. The second-order valence-corrected chi connectivity index (χ2v) is 5.08. The van der Waals surface area contributed by atoms with Crippen molar-refractivity contribution in [3.8, 4) is 0 Å². The monoisotopic (exact) mass is 232 g/mol. The third-order valence-electron chi connectivity index (χ3n) is 1.89. The molecule has 0 saturated carbocycles. The largest absolute Gasteiger partial charge is 0.462 e. The highest BCUT2D eigenvalue weighted by atomic mass is 35.7. The second kappa shape index (κ2) is 4.49. The van der Waals surface area contributed by atoms with Crippen molar-refractivity contribution in [1.82, 2.24) is 0 Å². The number of hydrogen-bond acceptors (Lipinski definition) is 3. The summed E-state index contributed by atoms with van der Waals surface area (Å²) in [6.45, 7) is 1.61. The van der Waals surface area contributed by atoms with Crippen molar-refractivity contribution in [3.63, 3.8) is 0 Å². The third kappa shape index (κ3) is 2.28. The number of nitro benzene ring substituents is 1. The van der Waals surface area contributed by atoms with Crippen LogP contribution in [0.2, 0.25) is 0 Å². The van der Waals surface area contributed by atoms with Crippen molar-refractivity contribution >= 4 is 24.1 Å². The molecule has 1 rings (SSSR count). The van der Waals surface area contributed by atoms with Crippen LogP contribution in [0.25, 0.3) is 0 Å². The summed E-state index contributed by atoms with van der Waals surface area (Å²) in [4.78, 5) is 10.1. The Morgan fingerprint density at radius 2 is 2.07 bits per heavy atom. The number of nitro groups is 1. The standard InChI is InChI=1S/C8H8ClNO3P/c1-6(14(9)13)7-4-2-3-5-8(7)10(11)12/h2-6H,1H3/q+1. The average molecular weight is 233 g/mol. The third-order valence-corrected chi connectivity index (χ3v) is 3.65. The molecule has 0 amide bonds. The summed E-state index contributed by atoms with van der Waals surface area (Å²) in [5.74, 6) is 0. The van der Waals surface area contributed by atoms with Gasteiger partial charge in [0.05, 0.1) is 10.5 Å². The number of benzene rings is 1. The van der Waals surface area contributed by atoms with E-state index in [4.69, 9.17) is 11.2 Å². The second-order valence-electron chi connectivity index (χ2n) is 2.76. The molecule has 2 atom stereocenters. The fourth-order valence-electron chi connectivity index (χ4n) is 1.12. The highest BCUT2D eigenvalue weighted by Crippen LogP contribution is 2.46. The van der Waals surface area contributed by atoms with Crippen LogP contribution in [0.15, 0.2) is 24.3 Å². The Morgan fingerprint density at radius 3 is 2.57 bits per heavy atom. The number of hydrogen-bond donors (Lipinski definition) is 0. The highest BCUT2D eigenvalue weighted by molar-refractivity contribution is 7.74. The van der Waals surface area contributed by atoms with Gasteiger partial charge in [-0.25, -0.2) is 0 Å². The van der Waals surface area contributed by atoms with E-state index in [-0.39, 0.29) is 5.69 Å². The van der Waals surface area contributed by atoms with Gasteiger partial charge in [0.1, 0.15) is 0 Å². The zero-order valence-corrected chi connectivity index (χ0v) is 9.03. The Balaban J connectivity index is 3.19. The first-order valence-corrected chi connectivity index (χ1v) is 6.13. The Morgan fingerprint density at radius 1 is 1.50 bits per heavy atom. The van der Waals surface area contributed by atoms with E-state index in [1.54, 1.807) is 25.1 Å². The summed E-state index contributed by atoms with van der Waals surface area (Å²) in [6.07, 6.45) is 0.